The number of nitrogens with one attached hydrogen (secondary N) is 1. The fourth-order valence-corrected chi connectivity index (χ4v) is 1.39. The lowest BCUT2D eigenvalue weighted by molar-refractivity contribution is 0.0936. The third-order valence-electron chi connectivity index (χ3n) is 2.34. The van der Waals surface area contributed by atoms with Crippen molar-refractivity contribution in [3.05, 3.63) is 23.8 Å². The summed E-state index contributed by atoms with van der Waals surface area (Å²) in [5.41, 5.74) is 6.19. The van der Waals surface area contributed by atoms with E-state index in [1.165, 1.54) is 4.52 Å². The third-order valence-corrected chi connectivity index (χ3v) is 2.34. The second kappa shape index (κ2) is 6.83. The van der Waals surface area contributed by atoms with E-state index in [2.05, 4.69) is 20.4 Å². The zero-order chi connectivity index (χ0) is 13.3. The Morgan fingerprint density at radius 2 is 2.10 bits per heavy atom. The number of carbonyl (C=O) groups is 1. The van der Waals surface area contributed by atoms with Crippen LogP contribution in [0.25, 0.3) is 5.78 Å². The van der Waals surface area contributed by atoms with E-state index >= 15 is 0 Å². The van der Waals surface area contributed by atoms with Gasteiger partial charge in [0.25, 0.3) is 11.7 Å². The van der Waals surface area contributed by atoms with Gasteiger partial charge in [-0.25, -0.2) is 9.50 Å². The molecule has 20 heavy (non-hydrogen) atoms. The first-order chi connectivity index (χ1) is 8.37. The number of nitrogens with two attached hydrogens (primary N) is 1. The van der Waals surface area contributed by atoms with Crippen molar-refractivity contribution in [2.45, 2.75) is 26.3 Å². The summed E-state index contributed by atoms with van der Waals surface area (Å²) in [6, 6.07) is 1.80. The summed E-state index contributed by atoms with van der Waals surface area (Å²) < 4.78 is 1.53. The maximum atomic E-state index is 11.8. The summed E-state index contributed by atoms with van der Waals surface area (Å²) in [5.74, 6) is 0.159. The predicted molar refractivity (Wildman–Crippen MR) is 80.6 cm³/mol. The summed E-state index contributed by atoms with van der Waals surface area (Å²) in [5, 5.41) is 6.79. The zero-order valence-electron chi connectivity index (χ0n) is 11.5. The SMILES string of the molecule is Cc1ccnc2nc(C(=O)NCC(C)(C)N)nn12.Cl.Cl. The van der Waals surface area contributed by atoms with E-state index in [0.717, 1.165) is 5.69 Å². The molecule has 0 aliphatic rings. The van der Waals surface area contributed by atoms with Gasteiger partial charge in [-0.3, -0.25) is 4.79 Å². The molecule has 0 spiro atoms. The van der Waals surface area contributed by atoms with Crippen LogP contribution in [-0.4, -0.2) is 37.6 Å². The lowest BCUT2D eigenvalue weighted by Crippen LogP contribution is -2.45. The van der Waals surface area contributed by atoms with Gasteiger partial charge in [0, 0.05) is 24.0 Å². The molecule has 0 aliphatic carbocycles. The topological polar surface area (TPSA) is 98.2 Å². The number of carbonyl (C=O) groups excluding carboxylic acids is 1. The van der Waals surface area contributed by atoms with Gasteiger partial charge in [0.15, 0.2) is 0 Å². The number of nitrogens with zero attached hydrogens (tertiary/aromatic N) is 4. The van der Waals surface area contributed by atoms with Crippen LogP contribution in [0.5, 0.6) is 0 Å². The lowest BCUT2D eigenvalue weighted by Gasteiger charge is -2.17. The van der Waals surface area contributed by atoms with Gasteiger partial charge in [-0.05, 0) is 26.8 Å². The molecule has 0 fully saturated rings. The van der Waals surface area contributed by atoms with Crippen molar-refractivity contribution in [2.75, 3.05) is 6.54 Å². The first-order valence-electron chi connectivity index (χ1n) is 5.62. The fraction of sp³-hybridized carbons (Fsp3) is 0.455. The minimum Gasteiger partial charge on any atom is -0.347 e. The van der Waals surface area contributed by atoms with Crippen LogP contribution in [0.4, 0.5) is 0 Å². The van der Waals surface area contributed by atoms with Crippen LogP contribution in [0.3, 0.4) is 0 Å². The van der Waals surface area contributed by atoms with Gasteiger partial charge in [-0.2, -0.15) is 4.98 Å². The van der Waals surface area contributed by atoms with Gasteiger partial charge < -0.3 is 11.1 Å². The number of hydrogen-bond acceptors (Lipinski definition) is 5. The first kappa shape index (κ1) is 18.6. The molecule has 2 rings (SSSR count). The Labute approximate surface area is 129 Å². The van der Waals surface area contributed by atoms with Gasteiger partial charge >= 0.3 is 0 Å². The smallest absolute Gasteiger partial charge is 0.291 e. The van der Waals surface area contributed by atoms with Gasteiger partial charge in [0.2, 0.25) is 5.82 Å². The monoisotopic (exact) mass is 320 g/mol. The Kier molecular flexibility index (Phi) is 6.33. The van der Waals surface area contributed by atoms with Crippen molar-refractivity contribution >= 4 is 36.5 Å². The fourth-order valence-electron chi connectivity index (χ4n) is 1.39. The molecule has 9 heteroatoms. The molecule has 0 saturated carbocycles. The molecule has 0 bridgehead atoms. The van der Waals surface area contributed by atoms with E-state index in [0.29, 0.717) is 12.3 Å². The number of aryl methyl sites for hydroxylation is 1. The van der Waals surface area contributed by atoms with E-state index in [9.17, 15) is 4.79 Å². The maximum Gasteiger partial charge on any atom is 0.291 e. The van der Waals surface area contributed by atoms with Gasteiger partial charge in [0.1, 0.15) is 0 Å². The van der Waals surface area contributed by atoms with E-state index in [-0.39, 0.29) is 36.5 Å². The molecule has 112 valence electrons. The van der Waals surface area contributed by atoms with E-state index in [1.807, 2.05) is 20.8 Å². The Balaban J connectivity index is 0.00000180. The number of rotatable bonds is 3. The highest BCUT2D eigenvalue weighted by molar-refractivity contribution is 5.90. The number of halogens is 2. The molecule has 0 aromatic carbocycles. The minimum absolute atomic E-state index is 0. The molecule has 0 unspecified atom stereocenters. The van der Waals surface area contributed by atoms with Crippen LogP contribution in [0.15, 0.2) is 12.3 Å². The van der Waals surface area contributed by atoms with Crippen molar-refractivity contribution in [1.29, 1.82) is 0 Å². The number of amides is 1. The Hall–Kier alpha value is -1.44. The summed E-state index contributed by atoms with van der Waals surface area (Å²) in [4.78, 5) is 19.9. The minimum atomic E-state index is -0.469. The average Bonchev–Trinajstić information content (AvgIpc) is 2.70. The predicted octanol–water partition coefficient (Wildman–Crippen LogP) is 0.743. The third kappa shape index (κ3) is 4.29. The van der Waals surface area contributed by atoms with Crippen LogP contribution >= 0.6 is 24.8 Å². The molecular weight excluding hydrogens is 303 g/mol. The molecule has 0 saturated heterocycles. The highest BCUT2D eigenvalue weighted by Gasteiger charge is 2.17. The zero-order valence-corrected chi connectivity index (χ0v) is 13.1. The quantitative estimate of drug-likeness (QED) is 0.869. The van der Waals surface area contributed by atoms with Crippen molar-refractivity contribution in [1.82, 2.24) is 24.9 Å². The molecule has 2 aromatic heterocycles. The number of fused-ring (bicyclic) bond motifs is 1. The van der Waals surface area contributed by atoms with Gasteiger partial charge in [-0.1, -0.05) is 0 Å². The molecule has 3 N–H and O–H groups in total. The van der Waals surface area contributed by atoms with Crippen molar-refractivity contribution < 1.29 is 4.79 Å². The lowest BCUT2D eigenvalue weighted by atomic mass is 10.1. The van der Waals surface area contributed by atoms with Crippen molar-refractivity contribution in [3.8, 4) is 0 Å². The molecule has 7 nitrogen and oxygen atoms in total. The van der Waals surface area contributed by atoms with E-state index in [1.54, 1.807) is 12.3 Å². The summed E-state index contributed by atoms with van der Waals surface area (Å²) in [6.45, 7) is 5.88. The average molecular weight is 321 g/mol. The van der Waals surface area contributed by atoms with Crippen LogP contribution in [0.1, 0.15) is 30.2 Å². The maximum absolute atomic E-state index is 11.8. The highest BCUT2D eigenvalue weighted by atomic mass is 35.5. The second-order valence-corrected chi connectivity index (χ2v) is 4.90. The molecule has 0 aliphatic heterocycles. The Morgan fingerprint density at radius 3 is 2.65 bits per heavy atom. The Morgan fingerprint density at radius 1 is 1.45 bits per heavy atom. The summed E-state index contributed by atoms with van der Waals surface area (Å²) in [6.07, 6.45) is 1.63. The molecule has 0 radical (unpaired) electrons. The molecule has 0 atom stereocenters. The molecule has 2 aromatic rings. The second-order valence-electron chi connectivity index (χ2n) is 4.90. The number of hydrogen-bond donors (Lipinski definition) is 2. The largest absolute Gasteiger partial charge is 0.347 e. The van der Waals surface area contributed by atoms with Crippen molar-refractivity contribution in [3.63, 3.8) is 0 Å². The normalized spacial score (nSPS) is 10.6. The summed E-state index contributed by atoms with van der Waals surface area (Å²) >= 11 is 0. The van der Waals surface area contributed by atoms with Crippen LogP contribution in [0, 0.1) is 6.92 Å². The molecule has 2 heterocycles. The number of aromatic nitrogens is 4. The standard InChI is InChI=1S/C11H16N6O.2ClH/c1-7-4-5-13-10-15-8(16-17(7)10)9(18)14-6-11(2,3)12;;/h4-5H,6,12H2,1-3H3,(H,14,18);2*1H. The van der Waals surface area contributed by atoms with E-state index < -0.39 is 5.54 Å². The van der Waals surface area contributed by atoms with Crippen molar-refractivity contribution in [2.24, 2.45) is 5.73 Å². The van der Waals surface area contributed by atoms with Crippen LogP contribution in [-0.2, 0) is 0 Å². The van der Waals surface area contributed by atoms with Crippen LogP contribution in [0.2, 0.25) is 0 Å². The first-order valence-corrected chi connectivity index (χ1v) is 5.62. The van der Waals surface area contributed by atoms with Crippen LogP contribution < -0.4 is 11.1 Å². The van der Waals surface area contributed by atoms with Gasteiger partial charge in [-0.15, -0.1) is 29.9 Å². The molecular formula is C11H18Cl2N6O. The van der Waals surface area contributed by atoms with E-state index in [4.69, 9.17) is 5.73 Å². The van der Waals surface area contributed by atoms with Gasteiger partial charge in [0.05, 0.1) is 0 Å². The highest BCUT2D eigenvalue weighted by Crippen LogP contribution is 2.02. The Bertz CT molecular complexity index is 592. The molecule has 1 amide bonds. The summed E-state index contributed by atoms with van der Waals surface area (Å²) in [7, 11) is 0.